The van der Waals surface area contributed by atoms with Crippen molar-refractivity contribution in [3.63, 3.8) is 0 Å². The largest absolute Gasteiger partial charge is 0.368 e. The first-order valence-corrected chi connectivity index (χ1v) is 5.60. The van der Waals surface area contributed by atoms with Crippen molar-refractivity contribution < 1.29 is 0 Å². The van der Waals surface area contributed by atoms with Crippen LogP contribution in [0.15, 0.2) is 12.1 Å². The van der Waals surface area contributed by atoms with Gasteiger partial charge in [0.2, 0.25) is 0 Å². The van der Waals surface area contributed by atoms with Gasteiger partial charge >= 0.3 is 0 Å². The number of nitrogens with zero attached hydrogens (tertiary/aromatic N) is 2. The molecule has 0 unspecified atom stereocenters. The Morgan fingerprint density at radius 3 is 3.00 bits per heavy atom. The van der Waals surface area contributed by atoms with Crippen LogP contribution < -0.4 is 5.32 Å². The molecule has 0 spiro atoms. The van der Waals surface area contributed by atoms with Gasteiger partial charge in [-0.2, -0.15) is 0 Å². The third-order valence-corrected chi connectivity index (χ3v) is 2.44. The van der Waals surface area contributed by atoms with Crippen LogP contribution in [0.25, 0.3) is 0 Å². The van der Waals surface area contributed by atoms with E-state index in [2.05, 4.69) is 21.4 Å². The number of hydrogen-bond acceptors (Lipinski definition) is 4. The molecule has 5 heteroatoms. The Labute approximate surface area is 92.6 Å². The Bertz CT molecular complexity index is 307. The molecule has 0 fully saturated rings. The van der Waals surface area contributed by atoms with Gasteiger partial charge in [-0.1, -0.05) is 17.5 Å². The highest BCUT2D eigenvalue weighted by Crippen LogP contribution is 2.06. The summed E-state index contributed by atoms with van der Waals surface area (Å²) in [5, 5.41) is 11.1. The van der Waals surface area contributed by atoms with Crippen LogP contribution in [0.3, 0.4) is 0 Å². The van der Waals surface area contributed by atoms with E-state index in [9.17, 15) is 0 Å². The Balaban J connectivity index is 2.19. The van der Waals surface area contributed by atoms with Crippen LogP contribution in [0.1, 0.15) is 0 Å². The molecule has 14 heavy (non-hydrogen) atoms. The van der Waals surface area contributed by atoms with Crippen LogP contribution in [0.5, 0.6) is 0 Å². The second-order valence-electron chi connectivity index (χ2n) is 2.42. The number of thioether (sulfide) groups is 1. The average molecular weight is 228 g/mol. The van der Waals surface area contributed by atoms with Gasteiger partial charge in [-0.15, -0.1) is 28.4 Å². The molecule has 0 aromatic carbocycles. The molecule has 1 aromatic rings. The zero-order chi connectivity index (χ0) is 10.2. The summed E-state index contributed by atoms with van der Waals surface area (Å²) in [4.78, 5) is 0. The molecule has 1 heterocycles. The maximum atomic E-state index is 5.59. The smallest absolute Gasteiger partial charge is 0.151 e. The first kappa shape index (κ1) is 11.2. The number of anilines is 1. The fraction of sp³-hybridized carbons (Fsp3) is 0.333. The predicted molar refractivity (Wildman–Crippen MR) is 61.7 cm³/mol. The van der Waals surface area contributed by atoms with Gasteiger partial charge < -0.3 is 5.32 Å². The van der Waals surface area contributed by atoms with Gasteiger partial charge in [0, 0.05) is 12.3 Å². The normalized spacial score (nSPS) is 9.43. The van der Waals surface area contributed by atoms with Crippen molar-refractivity contribution in [1.29, 1.82) is 0 Å². The van der Waals surface area contributed by atoms with Crippen molar-refractivity contribution in [2.45, 2.75) is 0 Å². The third kappa shape index (κ3) is 4.35. The first-order chi connectivity index (χ1) is 6.83. The van der Waals surface area contributed by atoms with Crippen LogP contribution in [0.2, 0.25) is 5.15 Å². The lowest BCUT2D eigenvalue weighted by Gasteiger charge is -2.02. The lowest BCUT2D eigenvalue weighted by Crippen LogP contribution is -2.06. The van der Waals surface area contributed by atoms with Gasteiger partial charge in [0.25, 0.3) is 0 Å². The summed E-state index contributed by atoms with van der Waals surface area (Å²) in [5.41, 5.74) is 0. The van der Waals surface area contributed by atoms with E-state index in [4.69, 9.17) is 18.0 Å². The van der Waals surface area contributed by atoms with Gasteiger partial charge in [-0.05, 0) is 12.1 Å². The van der Waals surface area contributed by atoms with Gasteiger partial charge in [0.1, 0.15) is 5.82 Å². The zero-order valence-electron chi connectivity index (χ0n) is 7.53. The molecule has 0 aliphatic rings. The molecule has 1 N–H and O–H groups in total. The summed E-state index contributed by atoms with van der Waals surface area (Å²) in [5.74, 6) is 4.99. The number of aromatic nitrogens is 2. The molecule has 0 radical (unpaired) electrons. The first-order valence-electron chi connectivity index (χ1n) is 4.07. The van der Waals surface area contributed by atoms with Gasteiger partial charge in [-0.25, -0.2) is 0 Å². The fourth-order valence-corrected chi connectivity index (χ4v) is 1.40. The molecular formula is C9H10ClN3S. The molecule has 0 atom stereocenters. The van der Waals surface area contributed by atoms with E-state index in [1.165, 1.54) is 0 Å². The highest BCUT2D eigenvalue weighted by molar-refractivity contribution is 7.99. The number of nitrogens with one attached hydrogen (secondary N) is 1. The molecule has 1 aromatic heterocycles. The van der Waals surface area contributed by atoms with Crippen molar-refractivity contribution in [3.8, 4) is 12.3 Å². The van der Waals surface area contributed by atoms with Crippen molar-refractivity contribution in [1.82, 2.24) is 10.2 Å². The molecule has 1 rings (SSSR count). The predicted octanol–water partition coefficient (Wildman–Crippen LogP) is 1.91. The van der Waals surface area contributed by atoms with Crippen LogP contribution in [0.4, 0.5) is 5.82 Å². The summed E-state index contributed by atoms with van der Waals surface area (Å²) in [7, 11) is 0. The minimum Gasteiger partial charge on any atom is -0.368 e. The summed E-state index contributed by atoms with van der Waals surface area (Å²) in [6.45, 7) is 0.822. The van der Waals surface area contributed by atoms with Crippen molar-refractivity contribution in [3.05, 3.63) is 17.3 Å². The summed E-state index contributed by atoms with van der Waals surface area (Å²) in [6, 6.07) is 3.49. The van der Waals surface area contributed by atoms with E-state index in [0.29, 0.717) is 5.15 Å². The highest BCUT2D eigenvalue weighted by atomic mass is 35.5. The van der Waals surface area contributed by atoms with Crippen molar-refractivity contribution in [2.75, 3.05) is 23.4 Å². The monoisotopic (exact) mass is 227 g/mol. The molecule has 0 aliphatic carbocycles. The minimum absolute atomic E-state index is 0.400. The zero-order valence-corrected chi connectivity index (χ0v) is 9.11. The molecule has 0 saturated heterocycles. The third-order valence-electron chi connectivity index (χ3n) is 1.37. The van der Waals surface area contributed by atoms with Crippen molar-refractivity contribution in [2.24, 2.45) is 0 Å². The average Bonchev–Trinajstić information content (AvgIpc) is 2.21. The van der Waals surface area contributed by atoms with E-state index in [1.807, 2.05) is 0 Å². The fourth-order valence-electron chi connectivity index (χ4n) is 0.793. The summed E-state index contributed by atoms with van der Waals surface area (Å²) in [6.07, 6.45) is 5.11. The molecular weight excluding hydrogens is 218 g/mol. The van der Waals surface area contributed by atoms with E-state index < -0.39 is 0 Å². The Hall–Kier alpha value is -0.920. The molecule has 0 saturated carbocycles. The molecule has 0 bridgehead atoms. The van der Waals surface area contributed by atoms with Crippen LogP contribution in [0, 0.1) is 12.3 Å². The summed E-state index contributed by atoms with van der Waals surface area (Å²) >= 11 is 7.29. The summed E-state index contributed by atoms with van der Waals surface area (Å²) < 4.78 is 0. The topological polar surface area (TPSA) is 37.8 Å². The Morgan fingerprint density at radius 1 is 1.50 bits per heavy atom. The van der Waals surface area contributed by atoms with Crippen LogP contribution in [-0.4, -0.2) is 28.2 Å². The van der Waals surface area contributed by atoms with E-state index in [1.54, 1.807) is 23.9 Å². The number of halogens is 1. The molecule has 0 amide bonds. The van der Waals surface area contributed by atoms with E-state index in [-0.39, 0.29) is 0 Å². The second kappa shape index (κ2) is 6.52. The quantitative estimate of drug-likeness (QED) is 0.616. The second-order valence-corrected chi connectivity index (χ2v) is 3.92. The number of hydrogen-bond donors (Lipinski definition) is 1. The highest BCUT2D eigenvalue weighted by Gasteiger charge is 1.94. The Morgan fingerprint density at radius 2 is 2.36 bits per heavy atom. The number of terminal acetylenes is 1. The lowest BCUT2D eigenvalue weighted by molar-refractivity contribution is 1.01. The van der Waals surface area contributed by atoms with Crippen LogP contribution in [-0.2, 0) is 0 Å². The molecule has 74 valence electrons. The Kier molecular flexibility index (Phi) is 5.20. The standard InChI is InChI=1S/C9H10ClN3S/c1-2-6-14-7-5-11-9-4-3-8(10)12-13-9/h1,3-4H,5-7H2,(H,11,13). The maximum absolute atomic E-state index is 5.59. The number of rotatable bonds is 5. The minimum atomic E-state index is 0.400. The van der Waals surface area contributed by atoms with Gasteiger partial charge in [0.15, 0.2) is 5.15 Å². The van der Waals surface area contributed by atoms with Gasteiger partial charge in [-0.3, -0.25) is 0 Å². The SMILES string of the molecule is C#CCSCCNc1ccc(Cl)nn1. The maximum Gasteiger partial charge on any atom is 0.151 e. The van der Waals surface area contributed by atoms with Gasteiger partial charge in [0.05, 0.1) is 5.75 Å². The van der Waals surface area contributed by atoms with E-state index in [0.717, 1.165) is 23.9 Å². The van der Waals surface area contributed by atoms with E-state index >= 15 is 0 Å². The van der Waals surface area contributed by atoms with Crippen LogP contribution >= 0.6 is 23.4 Å². The van der Waals surface area contributed by atoms with Crippen molar-refractivity contribution >= 4 is 29.2 Å². The molecule has 3 nitrogen and oxygen atoms in total. The molecule has 0 aliphatic heterocycles. The lowest BCUT2D eigenvalue weighted by atomic mass is 10.5.